The van der Waals surface area contributed by atoms with Crippen LogP contribution in [0.1, 0.15) is 38.9 Å². The van der Waals surface area contributed by atoms with Crippen molar-refractivity contribution in [1.82, 2.24) is 9.55 Å². The van der Waals surface area contributed by atoms with Gasteiger partial charge in [0.15, 0.2) is 0 Å². The molecule has 21 heavy (non-hydrogen) atoms. The van der Waals surface area contributed by atoms with Crippen molar-refractivity contribution in [3.63, 3.8) is 0 Å². The summed E-state index contributed by atoms with van der Waals surface area (Å²) in [6.07, 6.45) is 3.43. The highest BCUT2D eigenvalue weighted by molar-refractivity contribution is 5.87. The standard InChI is InChI=1S/C16H23N3O2/c1-3-5-9-14-18-16-12(17)7-6-8-13(16)19(14)11-10-15(20)21-4-2/h6-8H,3-5,9-11,17H2,1-2H3. The van der Waals surface area contributed by atoms with E-state index in [9.17, 15) is 4.79 Å². The number of nitrogens with two attached hydrogens (primary N) is 1. The average molecular weight is 289 g/mol. The van der Waals surface area contributed by atoms with Gasteiger partial charge in [0.2, 0.25) is 0 Å². The van der Waals surface area contributed by atoms with E-state index in [1.54, 1.807) is 0 Å². The van der Waals surface area contributed by atoms with E-state index in [1.165, 1.54) is 0 Å². The second kappa shape index (κ2) is 7.11. The molecular weight excluding hydrogens is 266 g/mol. The largest absolute Gasteiger partial charge is 0.466 e. The number of nitrogens with zero attached hydrogens (tertiary/aromatic N) is 2. The van der Waals surface area contributed by atoms with E-state index >= 15 is 0 Å². The highest BCUT2D eigenvalue weighted by Gasteiger charge is 2.13. The Kier molecular flexibility index (Phi) is 5.20. The van der Waals surface area contributed by atoms with E-state index in [4.69, 9.17) is 10.5 Å². The summed E-state index contributed by atoms with van der Waals surface area (Å²) in [5, 5.41) is 0. The van der Waals surface area contributed by atoms with Crippen molar-refractivity contribution in [3.8, 4) is 0 Å². The third-order valence-corrected chi connectivity index (χ3v) is 3.49. The van der Waals surface area contributed by atoms with Gasteiger partial charge in [0, 0.05) is 13.0 Å². The summed E-state index contributed by atoms with van der Waals surface area (Å²) in [4.78, 5) is 16.2. The van der Waals surface area contributed by atoms with Gasteiger partial charge in [-0.25, -0.2) is 4.98 Å². The minimum absolute atomic E-state index is 0.176. The number of nitrogen functional groups attached to an aromatic ring is 1. The van der Waals surface area contributed by atoms with E-state index in [1.807, 2.05) is 25.1 Å². The van der Waals surface area contributed by atoms with E-state index < -0.39 is 0 Å². The fourth-order valence-electron chi connectivity index (χ4n) is 2.43. The van der Waals surface area contributed by atoms with Gasteiger partial charge >= 0.3 is 5.97 Å². The van der Waals surface area contributed by atoms with Crippen LogP contribution in [0, 0.1) is 0 Å². The number of hydrogen-bond acceptors (Lipinski definition) is 4. The summed E-state index contributed by atoms with van der Waals surface area (Å²) in [6, 6.07) is 5.78. The van der Waals surface area contributed by atoms with Crippen LogP contribution in [0.15, 0.2) is 18.2 Å². The van der Waals surface area contributed by atoms with Crippen molar-refractivity contribution in [1.29, 1.82) is 0 Å². The summed E-state index contributed by atoms with van der Waals surface area (Å²) in [5.41, 5.74) is 8.50. The predicted molar refractivity (Wildman–Crippen MR) is 84.0 cm³/mol. The number of carbonyl (C=O) groups excluding carboxylic acids is 1. The number of anilines is 1. The van der Waals surface area contributed by atoms with Crippen LogP contribution in [-0.4, -0.2) is 22.1 Å². The molecule has 0 spiro atoms. The molecule has 0 aliphatic rings. The number of hydrogen-bond donors (Lipinski definition) is 1. The van der Waals surface area contributed by atoms with Crippen LogP contribution < -0.4 is 5.73 Å². The Balaban J connectivity index is 2.29. The lowest BCUT2D eigenvalue weighted by atomic mass is 10.2. The van der Waals surface area contributed by atoms with Crippen molar-refractivity contribution < 1.29 is 9.53 Å². The molecule has 2 aromatic rings. The Hall–Kier alpha value is -2.04. The lowest BCUT2D eigenvalue weighted by molar-refractivity contribution is -0.143. The van der Waals surface area contributed by atoms with Gasteiger partial charge in [-0.1, -0.05) is 19.4 Å². The molecule has 0 saturated carbocycles. The van der Waals surface area contributed by atoms with Crippen molar-refractivity contribution in [2.24, 2.45) is 0 Å². The predicted octanol–water partition coefficient (Wildman–Crippen LogP) is 2.91. The summed E-state index contributed by atoms with van der Waals surface area (Å²) < 4.78 is 7.10. The van der Waals surface area contributed by atoms with Gasteiger partial charge in [0.25, 0.3) is 0 Å². The molecule has 2 N–H and O–H groups in total. The molecule has 1 aromatic carbocycles. The average Bonchev–Trinajstić information content (AvgIpc) is 2.82. The Morgan fingerprint density at radius 3 is 2.90 bits per heavy atom. The molecule has 0 aliphatic carbocycles. The molecule has 0 bridgehead atoms. The van der Waals surface area contributed by atoms with Gasteiger partial charge in [-0.05, 0) is 25.5 Å². The Morgan fingerprint density at radius 2 is 2.19 bits per heavy atom. The highest BCUT2D eigenvalue weighted by atomic mass is 16.5. The number of benzene rings is 1. The first-order valence-corrected chi connectivity index (χ1v) is 7.56. The fourth-order valence-corrected chi connectivity index (χ4v) is 2.43. The molecular formula is C16H23N3O2. The number of carbonyl (C=O) groups is 1. The smallest absolute Gasteiger partial charge is 0.307 e. The first kappa shape index (κ1) is 15.4. The summed E-state index contributed by atoms with van der Waals surface area (Å²) in [6.45, 7) is 4.97. The van der Waals surface area contributed by atoms with Crippen LogP contribution in [0.2, 0.25) is 0 Å². The summed E-state index contributed by atoms with van der Waals surface area (Å²) >= 11 is 0. The third-order valence-electron chi connectivity index (χ3n) is 3.49. The second-order valence-electron chi connectivity index (χ2n) is 5.05. The molecule has 1 heterocycles. The number of fused-ring (bicyclic) bond motifs is 1. The molecule has 0 radical (unpaired) electrons. The fraction of sp³-hybridized carbons (Fsp3) is 0.500. The first-order chi connectivity index (χ1) is 10.2. The SMILES string of the molecule is CCCCc1nc2c(N)cccc2n1CCC(=O)OCC. The van der Waals surface area contributed by atoms with Crippen molar-refractivity contribution in [2.45, 2.75) is 46.1 Å². The molecule has 114 valence electrons. The molecule has 5 heteroatoms. The molecule has 1 aromatic heterocycles. The number of aromatic nitrogens is 2. The van der Waals surface area contributed by atoms with Gasteiger partial charge in [-0.15, -0.1) is 0 Å². The second-order valence-corrected chi connectivity index (χ2v) is 5.05. The van der Waals surface area contributed by atoms with Gasteiger partial charge in [-0.2, -0.15) is 0 Å². The molecule has 5 nitrogen and oxygen atoms in total. The molecule has 0 atom stereocenters. The van der Waals surface area contributed by atoms with Crippen molar-refractivity contribution >= 4 is 22.7 Å². The Labute approximate surface area is 125 Å². The number of rotatable bonds is 7. The van der Waals surface area contributed by atoms with Crippen LogP contribution >= 0.6 is 0 Å². The number of ether oxygens (including phenoxy) is 1. The van der Waals surface area contributed by atoms with Gasteiger partial charge < -0.3 is 15.0 Å². The minimum atomic E-state index is -0.176. The monoisotopic (exact) mass is 289 g/mol. The van der Waals surface area contributed by atoms with E-state index in [0.29, 0.717) is 25.3 Å². The molecule has 0 amide bonds. The van der Waals surface area contributed by atoms with Crippen LogP contribution in [0.25, 0.3) is 11.0 Å². The van der Waals surface area contributed by atoms with Gasteiger partial charge in [0.1, 0.15) is 11.3 Å². The summed E-state index contributed by atoms with van der Waals surface area (Å²) in [7, 11) is 0. The maximum atomic E-state index is 11.6. The maximum absolute atomic E-state index is 11.6. The molecule has 0 saturated heterocycles. The zero-order valence-electron chi connectivity index (χ0n) is 12.8. The Morgan fingerprint density at radius 1 is 1.38 bits per heavy atom. The first-order valence-electron chi connectivity index (χ1n) is 7.56. The lowest BCUT2D eigenvalue weighted by Crippen LogP contribution is -2.11. The molecule has 0 fully saturated rings. The van der Waals surface area contributed by atoms with Crippen molar-refractivity contribution in [2.75, 3.05) is 12.3 Å². The topological polar surface area (TPSA) is 70.1 Å². The third kappa shape index (κ3) is 3.54. The number of unbranched alkanes of at least 4 members (excludes halogenated alkanes) is 1. The molecule has 0 aliphatic heterocycles. The number of para-hydroxylation sites is 1. The zero-order chi connectivity index (χ0) is 15.2. The van der Waals surface area contributed by atoms with Gasteiger partial charge in [-0.3, -0.25) is 4.79 Å². The number of aryl methyl sites for hydroxylation is 2. The number of imidazole rings is 1. The Bertz CT molecular complexity index is 619. The number of esters is 1. The minimum Gasteiger partial charge on any atom is -0.466 e. The van der Waals surface area contributed by atoms with Crippen molar-refractivity contribution in [3.05, 3.63) is 24.0 Å². The van der Waals surface area contributed by atoms with E-state index in [-0.39, 0.29) is 5.97 Å². The lowest BCUT2D eigenvalue weighted by Gasteiger charge is -2.08. The molecule has 0 unspecified atom stereocenters. The normalized spacial score (nSPS) is 11.0. The zero-order valence-corrected chi connectivity index (χ0v) is 12.8. The quantitative estimate of drug-likeness (QED) is 0.628. The summed E-state index contributed by atoms with van der Waals surface area (Å²) in [5.74, 6) is 0.818. The van der Waals surface area contributed by atoms with E-state index in [2.05, 4.69) is 16.5 Å². The highest BCUT2D eigenvalue weighted by Crippen LogP contribution is 2.23. The molecule has 2 rings (SSSR count). The van der Waals surface area contributed by atoms with E-state index in [0.717, 1.165) is 36.1 Å². The van der Waals surface area contributed by atoms with Crippen LogP contribution in [0.5, 0.6) is 0 Å². The maximum Gasteiger partial charge on any atom is 0.307 e. The van der Waals surface area contributed by atoms with Crippen LogP contribution in [0.3, 0.4) is 0 Å². The van der Waals surface area contributed by atoms with Crippen LogP contribution in [0.4, 0.5) is 5.69 Å². The van der Waals surface area contributed by atoms with Crippen LogP contribution in [-0.2, 0) is 22.5 Å². The van der Waals surface area contributed by atoms with Gasteiger partial charge in [0.05, 0.1) is 24.2 Å².